The lowest BCUT2D eigenvalue weighted by Crippen LogP contribution is -2.22. The zero-order chi connectivity index (χ0) is 14.3. The van der Waals surface area contributed by atoms with Crippen molar-refractivity contribution in [3.8, 4) is 5.75 Å². The first-order valence-electron chi connectivity index (χ1n) is 5.69. The minimum Gasteiger partial charge on any atom is -0.497 e. The van der Waals surface area contributed by atoms with E-state index in [0.717, 1.165) is 0 Å². The molecule has 0 radical (unpaired) electrons. The molecule has 19 heavy (non-hydrogen) atoms. The van der Waals surface area contributed by atoms with Crippen LogP contribution in [-0.4, -0.2) is 25.6 Å². The van der Waals surface area contributed by atoms with Gasteiger partial charge in [0.05, 0.1) is 19.4 Å². The van der Waals surface area contributed by atoms with E-state index in [1.54, 1.807) is 38.3 Å². The average Bonchev–Trinajstić information content (AvgIpc) is 2.37. The molecule has 102 valence electrons. The van der Waals surface area contributed by atoms with E-state index in [-0.39, 0.29) is 5.96 Å². The standard InChI is InChI=1S/C13H17N3O3/c1-3-19-12(17)7-4-9-8-10(18-2)5-6-11(9)16-13(14)15/h4-8H,3H2,1-2H3,(H4,14,15,16)/b7-4+. The van der Waals surface area contributed by atoms with Crippen molar-refractivity contribution in [2.24, 2.45) is 16.5 Å². The summed E-state index contributed by atoms with van der Waals surface area (Å²) in [5, 5.41) is 0. The number of benzene rings is 1. The van der Waals surface area contributed by atoms with Gasteiger partial charge in [-0.3, -0.25) is 0 Å². The quantitative estimate of drug-likeness (QED) is 0.359. The van der Waals surface area contributed by atoms with Crippen LogP contribution in [0.1, 0.15) is 12.5 Å². The van der Waals surface area contributed by atoms with Gasteiger partial charge in [-0.2, -0.15) is 0 Å². The van der Waals surface area contributed by atoms with Crippen LogP contribution in [-0.2, 0) is 9.53 Å². The summed E-state index contributed by atoms with van der Waals surface area (Å²) in [7, 11) is 1.55. The van der Waals surface area contributed by atoms with E-state index < -0.39 is 5.97 Å². The summed E-state index contributed by atoms with van der Waals surface area (Å²) in [6.45, 7) is 2.06. The highest BCUT2D eigenvalue weighted by Gasteiger charge is 2.03. The van der Waals surface area contributed by atoms with Crippen LogP contribution in [0, 0.1) is 0 Å². The van der Waals surface area contributed by atoms with Crippen LogP contribution >= 0.6 is 0 Å². The molecule has 1 aromatic rings. The Morgan fingerprint density at radius 3 is 2.74 bits per heavy atom. The first kappa shape index (κ1) is 14.6. The molecular weight excluding hydrogens is 246 g/mol. The number of ether oxygens (including phenoxy) is 2. The fraction of sp³-hybridized carbons (Fsp3) is 0.231. The Balaban J connectivity index is 3.07. The fourth-order valence-corrected chi connectivity index (χ4v) is 1.38. The summed E-state index contributed by atoms with van der Waals surface area (Å²) in [5.74, 6) is 0.148. The van der Waals surface area contributed by atoms with Crippen molar-refractivity contribution in [3.63, 3.8) is 0 Å². The zero-order valence-electron chi connectivity index (χ0n) is 10.9. The van der Waals surface area contributed by atoms with Crippen molar-refractivity contribution in [2.75, 3.05) is 13.7 Å². The van der Waals surface area contributed by atoms with E-state index in [1.165, 1.54) is 6.08 Å². The number of hydrogen-bond acceptors (Lipinski definition) is 4. The molecular formula is C13H17N3O3. The maximum Gasteiger partial charge on any atom is 0.330 e. The van der Waals surface area contributed by atoms with Crippen LogP contribution in [0.25, 0.3) is 6.08 Å². The van der Waals surface area contributed by atoms with Crippen LogP contribution in [0.3, 0.4) is 0 Å². The van der Waals surface area contributed by atoms with Crippen LogP contribution in [0.2, 0.25) is 0 Å². The number of esters is 1. The number of carbonyl (C=O) groups is 1. The maximum atomic E-state index is 11.3. The molecule has 4 N–H and O–H groups in total. The van der Waals surface area contributed by atoms with Gasteiger partial charge in [0.15, 0.2) is 5.96 Å². The average molecular weight is 263 g/mol. The van der Waals surface area contributed by atoms with Gasteiger partial charge in [0.25, 0.3) is 0 Å². The van der Waals surface area contributed by atoms with Gasteiger partial charge >= 0.3 is 5.97 Å². The van der Waals surface area contributed by atoms with E-state index in [9.17, 15) is 4.79 Å². The Morgan fingerprint density at radius 2 is 2.16 bits per heavy atom. The molecule has 0 heterocycles. The summed E-state index contributed by atoms with van der Waals surface area (Å²) in [4.78, 5) is 15.3. The predicted octanol–water partition coefficient (Wildman–Crippen LogP) is 1.18. The molecule has 0 spiro atoms. The second-order valence-electron chi connectivity index (χ2n) is 3.55. The Morgan fingerprint density at radius 1 is 1.42 bits per heavy atom. The van der Waals surface area contributed by atoms with Crippen molar-refractivity contribution in [1.29, 1.82) is 0 Å². The monoisotopic (exact) mass is 263 g/mol. The van der Waals surface area contributed by atoms with Gasteiger partial charge in [0, 0.05) is 11.6 Å². The Kier molecular flexibility index (Phi) is 5.40. The lowest BCUT2D eigenvalue weighted by molar-refractivity contribution is -0.137. The SMILES string of the molecule is CCOC(=O)/C=C/c1cc(OC)ccc1N=C(N)N. The zero-order valence-corrected chi connectivity index (χ0v) is 10.9. The van der Waals surface area contributed by atoms with Crippen molar-refractivity contribution in [2.45, 2.75) is 6.92 Å². The van der Waals surface area contributed by atoms with E-state index >= 15 is 0 Å². The minimum atomic E-state index is -0.430. The van der Waals surface area contributed by atoms with Gasteiger partial charge in [-0.05, 0) is 31.2 Å². The number of guanidine groups is 1. The van der Waals surface area contributed by atoms with E-state index in [4.69, 9.17) is 20.9 Å². The second-order valence-corrected chi connectivity index (χ2v) is 3.55. The molecule has 6 heteroatoms. The van der Waals surface area contributed by atoms with Crippen molar-refractivity contribution in [3.05, 3.63) is 29.8 Å². The molecule has 0 saturated heterocycles. The number of aliphatic imine (C=N–C) groups is 1. The van der Waals surface area contributed by atoms with Crippen molar-refractivity contribution >= 4 is 23.7 Å². The summed E-state index contributed by atoms with van der Waals surface area (Å²) < 4.78 is 9.91. The summed E-state index contributed by atoms with van der Waals surface area (Å²) in [6.07, 6.45) is 2.88. The van der Waals surface area contributed by atoms with Gasteiger partial charge in [-0.1, -0.05) is 0 Å². The highest BCUT2D eigenvalue weighted by Crippen LogP contribution is 2.25. The van der Waals surface area contributed by atoms with Crippen LogP contribution in [0.5, 0.6) is 5.75 Å². The maximum absolute atomic E-state index is 11.3. The number of rotatable bonds is 5. The van der Waals surface area contributed by atoms with Crippen LogP contribution in [0.4, 0.5) is 5.69 Å². The number of nitrogens with two attached hydrogens (primary N) is 2. The van der Waals surface area contributed by atoms with E-state index in [1.807, 2.05) is 0 Å². The topological polar surface area (TPSA) is 99.9 Å². The lowest BCUT2D eigenvalue weighted by atomic mass is 10.1. The Hall–Kier alpha value is -2.50. The molecule has 0 saturated carbocycles. The smallest absolute Gasteiger partial charge is 0.330 e. The molecule has 1 aromatic carbocycles. The third kappa shape index (κ3) is 4.71. The first-order chi connectivity index (χ1) is 9.06. The molecule has 0 unspecified atom stereocenters. The summed E-state index contributed by atoms with van der Waals surface area (Å²) in [6, 6.07) is 5.14. The highest BCUT2D eigenvalue weighted by atomic mass is 16.5. The van der Waals surface area contributed by atoms with Gasteiger partial charge in [0.1, 0.15) is 5.75 Å². The van der Waals surface area contributed by atoms with Gasteiger partial charge in [-0.25, -0.2) is 9.79 Å². The number of carbonyl (C=O) groups excluding carboxylic acids is 1. The molecule has 0 aliphatic carbocycles. The largest absolute Gasteiger partial charge is 0.497 e. The summed E-state index contributed by atoms with van der Waals surface area (Å²) >= 11 is 0. The molecule has 0 aromatic heterocycles. The Labute approximate surface area is 111 Å². The fourth-order valence-electron chi connectivity index (χ4n) is 1.38. The molecule has 0 atom stereocenters. The predicted molar refractivity (Wildman–Crippen MR) is 74.1 cm³/mol. The molecule has 0 aliphatic heterocycles. The van der Waals surface area contributed by atoms with Crippen LogP contribution < -0.4 is 16.2 Å². The molecule has 0 amide bonds. The second kappa shape index (κ2) is 7.05. The van der Waals surface area contributed by atoms with Crippen molar-refractivity contribution in [1.82, 2.24) is 0 Å². The molecule has 6 nitrogen and oxygen atoms in total. The molecule has 1 rings (SSSR count). The first-order valence-corrected chi connectivity index (χ1v) is 5.69. The van der Waals surface area contributed by atoms with E-state index in [2.05, 4.69) is 4.99 Å². The number of nitrogens with zero attached hydrogens (tertiary/aromatic N) is 1. The van der Waals surface area contributed by atoms with Gasteiger partial charge in [0.2, 0.25) is 0 Å². The molecule has 0 bridgehead atoms. The third-order valence-corrected chi connectivity index (χ3v) is 2.17. The normalized spacial score (nSPS) is 10.2. The number of hydrogen-bond donors (Lipinski definition) is 2. The Bertz CT molecular complexity index is 506. The summed E-state index contributed by atoms with van der Waals surface area (Å²) in [5.41, 5.74) is 11.9. The number of methoxy groups -OCH3 is 1. The highest BCUT2D eigenvalue weighted by molar-refractivity contribution is 5.89. The molecule has 0 fully saturated rings. The van der Waals surface area contributed by atoms with Gasteiger partial charge in [-0.15, -0.1) is 0 Å². The van der Waals surface area contributed by atoms with Crippen LogP contribution in [0.15, 0.2) is 29.3 Å². The van der Waals surface area contributed by atoms with Crippen molar-refractivity contribution < 1.29 is 14.3 Å². The minimum absolute atomic E-state index is 0.0593. The van der Waals surface area contributed by atoms with Gasteiger partial charge < -0.3 is 20.9 Å². The third-order valence-electron chi connectivity index (χ3n) is 2.17. The molecule has 0 aliphatic rings. The lowest BCUT2D eigenvalue weighted by Gasteiger charge is -2.05. The van der Waals surface area contributed by atoms with E-state index in [0.29, 0.717) is 23.6 Å².